The Hall–Kier alpha value is -2.78. The van der Waals surface area contributed by atoms with Gasteiger partial charge in [-0.3, -0.25) is 14.4 Å². The molecule has 1 rings (SSSR count). The summed E-state index contributed by atoms with van der Waals surface area (Å²) in [6.45, 7) is 1.35. The van der Waals surface area contributed by atoms with Gasteiger partial charge in [0, 0.05) is 25.9 Å². The van der Waals surface area contributed by atoms with Crippen LogP contribution in [0.15, 0.2) is 0 Å². The number of tetrazole rings is 1. The molecular weight excluding hydrogens is 614 g/mol. The number of amides is 3. The molecule has 46 heavy (non-hydrogen) atoms. The highest BCUT2D eigenvalue weighted by molar-refractivity contribution is 7.81. The highest BCUT2D eigenvalue weighted by Crippen LogP contribution is 2.13. The number of thiol groups is 1. The molecule has 264 valence electrons. The molecule has 0 aliphatic carbocycles. The van der Waals surface area contributed by atoms with E-state index in [0.717, 1.165) is 31.5 Å². The van der Waals surface area contributed by atoms with Crippen molar-refractivity contribution in [3.63, 3.8) is 0 Å². The number of aliphatic carboxylic acids is 1. The first-order valence-electron chi connectivity index (χ1n) is 17.0. The molecule has 0 aromatic carbocycles. The predicted molar refractivity (Wildman–Crippen MR) is 177 cm³/mol. The van der Waals surface area contributed by atoms with E-state index in [0.29, 0.717) is 39.0 Å². The van der Waals surface area contributed by atoms with E-state index in [1.54, 1.807) is 0 Å². The van der Waals surface area contributed by atoms with Crippen molar-refractivity contribution in [3.8, 4) is 0 Å². The van der Waals surface area contributed by atoms with Crippen LogP contribution in [0, 0.1) is 0 Å². The number of carbonyl (C=O) groups excluding carboxylic acids is 3. The number of aromatic nitrogens is 4. The van der Waals surface area contributed by atoms with Gasteiger partial charge in [-0.25, -0.2) is 9.89 Å². The molecule has 0 bridgehead atoms. The first-order chi connectivity index (χ1) is 22.4. The van der Waals surface area contributed by atoms with Gasteiger partial charge in [-0.2, -0.15) is 12.6 Å². The third kappa shape index (κ3) is 25.4. The number of carboxylic acid groups (broad SMARTS) is 1. The maximum absolute atomic E-state index is 12.0. The van der Waals surface area contributed by atoms with Crippen LogP contribution >= 0.6 is 12.6 Å². The van der Waals surface area contributed by atoms with Crippen LogP contribution in [-0.4, -0.2) is 101 Å². The summed E-state index contributed by atoms with van der Waals surface area (Å²) in [6.07, 6.45) is 18.7. The Labute approximate surface area is 279 Å². The van der Waals surface area contributed by atoms with Gasteiger partial charge in [0.05, 0.1) is 25.6 Å². The molecule has 3 amide bonds. The van der Waals surface area contributed by atoms with E-state index in [4.69, 9.17) is 9.47 Å². The SMILES string of the molecule is O=C(CS)NCCCCC(NC(=O)COCCOCCNC(=O)CCCCCCCCCCCCCCCc1nnn[nH]1)C(=O)O. The van der Waals surface area contributed by atoms with Gasteiger partial charge in [0.2, 0.25) is 17.7 Å². The van der Waals surface area contributed by atoms with E-state index in [9.17, 15) is 24.3 Å². The highest BCUT2D eigenvalue weighted by Gasteiger charge is 2.19. The minimum atomic E-state index is -1.12. The molecule has 0 saturated carbocycles. The molecule has 1 aromatic heterocycles. The van der Waals surface area contributed by atoms with E-state index in [1.807, 2.05) is 0 Å². The fourth-order valence-corrected chi connectivity index (χ4v) is 4.91. The Balaban J connectivity index is 1.82. The van der Waals surface area contributed by atoms with Gasteiger partial charge in [0.25, 0.3) is 0 Å². The number of carboxylic acids is 1. The van der Waals surface area contributed by atoms with Crippen LogP contribution in [0.1, 0.15) is 115 Å². The Kier molecular flexibility index (Phi) is 26.5. The second kappa shape index (κ2) is 29.6. The van der Waals surface area contributed by atoms with Crippen LogP contribution in [0.5, 0.6) is 0 Å². The number of aryl methyl sites for hydroxylation is 1. The fourth-order valence-electron chi connectivity index (χ4n) is 4.79. The van der Waals surface area contributed by atoms with Gasteiger partial charge in [0.15, 0.2) is 0 Å². The summed E-state index contributed by atoms with van der Waals surface area (Å²) in [5, 5.41) is 31.1. The van der Waals surface area contributed by atoms with E-state index < -0.39 is 17.9 Å². The summed E-state index contributed by atoms with van der Waals surface area (Å²) in [6, 6.07) is -1.01. The average molecular weight is 672 g/mol. The topological polar surface area (TPSA) is 198 Å². The summed E-state index contributed by atoms with van der Waals surface area (Å²) in [5.41, 5.74) is 0. The second-order valence-corrected chi connectivity index (χ2v) is 11.7. The zero-order valence-electron chi connectivity index (χ0n) is 27.4. The molecule has 0 radical (unpaired) electrons. The van der Waals surface area contributed by atoms with Crippen LogP contribution in [0.2, 0.25) is 0 Å². The van der Waals surface area contributed by atoms with Crippen molar-refractivity contribution < 1.29 is 33.8 Å². The van der Waals surface area contributed by atoms with Crippen molar-refractivity contribution in [1.82, 2.24) is 36.6 Å². The molecular formula is C31H57N7O7S. The minimum absolute atomic E-state index is 0.0295. The quantitative estimate of drug-likeness (QED) is 0.0489. The molecule has 15 heteroatoms. The van der Waals surface area contributed by atoms with E-state index in [-0.39, 0.29) is 43.8 Å². The van der Waals surface area contributed by atoms with E-state index in [1.165, 1.54) is 64.2 Å². The standard InChI is InChI=1S/C31H57N7O7S/c39-28(18-13-11-9-7-5-3-1-2-4-6-8-10-12-17-27-35-37-38-36-27)33-20-21-44-22-23-45-24-29(40)34-26(31(42)43)16-14-15-19-32-30(41)25-46/h26,46H,1-25H2,(H,32,41)(H,33,39)(H,34,40)(H,42,43)(H,35,36,37,38). The monoisotopic (exact) mass is 671 g/mol. The lowest BCUT2D eigenvalue weighted by Gasteiger charge is -2.14. The molecule has 0 saturated heterocycles. The van der Waals surface area contributed by atoms with Gasteiger partial charge in [-0.15, -0.1) is 5.10 Å². The maximum Gasteiger partial charge on any atom is 0.326 e. The third-order valence-electron chi connectivity index (χ3n) is 7.40. The third-order valence-corrected chi connectivity index (χ3v) is 7.69. The van der Waals surface area contributed by atoms with Crippen molar-refractivity contribution in [1.29, 1.82) is 0 Å². The average Bonchev–Trinajstić information content (AvgIpc) is 3.56. The number of ether oxygens (including phenoxy) is 2. The summed E-state index contributed by atoms with van der Waals surface area (Å²) in [4.78, 5) is 46.5. The fraction of sp³-hybridized carbons (Fsp3) is 0.839. The summed E-state index contributed by atoms with van der Waals surface area (Å²) < 4.78 is 10.7. The Morgan fingerprint density at radius 3 is 1.93 bits per heavy atom. The smallest absolute Gasteiger partial charge is 0.326 e. The lowest BCUT2D eigenvalue weighted by molar-refractivity contribution is -0.142. The number of nitrogens with zero attached hydrogens (tertiary/aromatic N) is 3. The van der Waals surface area contributed by atoms with Crippen LogP contribution in [0.3, 0.4) is 0 Å². The summed E-state index contributed by atoms with van der Waals surface area (Å²) in [5.74, 6) is -0.809. The van der Waals surface area contributed by atoms with Crippen molar-refractivity contribution in [2.75, 3.05) is 45.3 Å². The number of rotatable bonds is 32. The number of H-pyrrole nitrogens is 1. The van der Waals surface area contributed by atoms with Crippen LogP contribution in [0.4, 0.5) is 0 Å². The number of unbranched alkanes of at least 4 members (excludes halogenated alkanes) is 13. The lowest BCUT2D eigenvalue weighted by atomic mass is 10.0. The van der Waals surface area contributed by atoms with Gasteiger partial charge < -0.3 is 30.5 Å². The number of hydrogen-bond donors (Lipinski definition) is 6. The van der Waals surface area contributed by atoms with E-state index in [2.05, 4.69) is 49.2 Å². The van der Waals surface area contributed by atoms with Crippen LogP contribution < -0.4 is 16.0 Å². The number of hydrogen-bond acceptors (Lipinski definition) is 10. The Morgan fingerprint density at radius 2 is 1.33 bits per heavy atom. The summed E-state index contributed by atoms with van der Waals surface area (Å²) in [7, 11) is 0. The number of aromatic amines is 1. The zero-order valence-corrected chi connectivity index (χ0v) is 28.3. The van der Waals surface area contributed by atoms with Gasteiger partial charge >= 0.3 is 5.97 Å². The summed E-state index contributed by atoms with van der Waals surface area (Å²) >= 11 is 3.86. The van der Waals surface area contributed by atoms with E-state index >= 15 is 0 Å². The Bertz CT molecular complexity index is 925. The van der Waals surface area contributed by atoms with Gasteiger partial charge in [-0.05, 0) is 42.5 Å². The predicted octanol–water partition coefficient (Wildman–Crippen LogP) is 3.14. The van der Waals surface area contributed by atoms with Crippen LogP contribution in [-0.2, 0) is 35.1 Å². The first-order valence-corrected chi connectivity index (χ1v) is 17.6. The molecule has 0 aliphatic heterocycles. The molecule has 1 atom stereocenters. The minimum Gasteiger partial charge on any atom is -0.480 e. The second-order valence-electron chi connectivity index (χ2n) is 11.4. The highest BCUT2D eigenvalue weighted by atomic mass is 32.1. The number of carbonyl (C=O) groups is 4. The van der Waals surface area contributed by atoms with Crippen LogP contribution in [0.25, 0.3) is 0 Å². The molecule has 1 heterocycles. The van der Waals surface area contributed by atoms with Crippen molar-refractivity contribution >= 4 is 36.3 Å². The van der Waals surface area contributed by atoms with Crippen molar-refractivity contribution in [2.24, 2.45) is 0 Å². The first kappa shape index (κ1) is 41.2. The lowest BCUT2D eigenvalue weighted by Crippen LogP contribution is -2.42. The molecule has 1 aromatic rings. The maximum atomic E-state index is 12.0. The molecule has 5 N–H and O–H groups in total. The van der Waals surface area contributed by atoms with Crippen molar-refractivity contribution in [3.05, 3.63) is 5.82 Å². The molecule has 1 unspecified atom stereocenters. The Morgan fingerprint density at radius 1 is 0.717 bits per heavy atom. The largest absolute Gasteiger partial charge is 0.480 e. The zero-order chi connectivity index (χ0) is 33.5. The normalized spacial score (nSPS) is 11.7. The molecule has 0 aliphatic rings. The number of nitrogens with one attached hydrogen (secondary N) is 4. The van der Waals surface area contributed by atoms with Crippen molar-refractivity contribution in [2.45, 2.75) is 122 Å². The molecule has 0 spiro atoms. The molecule has 14 nitrogen and oxygen atoms in total. The molecule has 0 fully saturated rings. The van der Waals surface area contributed by atoms with Gasteiger partial charge in [-0.1, -0.05) is 70.6 Å². The van der Waals surface area contributed by atoms with Gasteiger partial charge in [0.1, 0.15) is 18.5 Å².